The van der Waals surface area contributed by atoms with Gasteiger partial charge in [-0.2, -0.15) is 14.7 Å². The summed E-state index contributed by atoms with van der Waals surface area (Å²) in [5.41, 5.74) is 2.15. The molecule has 0 bridgehead atoms. The summed E-state index contributed by atoms with van der Waals surface area (Å²) in [5, 5.41) is 0.362. The minimum Gasteiger partial charge on any atom is -0.427 e. The highest BCUT2D eigenvalue weighted by Gasteiger charge is 2.37. The van der Waals surface area contributed by atoms with E-state index in [1.54, 1.807) is 6.07 Å². The summed E-state index contributed by atoms with van der Waals surface area (Å²) in [5.74, 6) is 3.87. The summed E-state index contributed by atoms with van der Waals surface area (Å²) in [6.45, 7) is 19.5. The lowest BCUT2D eigenvalue weighted by atomic mass is 9.95. The zero-order valence-corrected chi connectivity index (χ0v) is 36.3. The van der Waals surface area contributed by atoms with Crippen LogP contribution in [-0.4, -0.2) is 27.9 Å². The van der Waals surface area contributed by atoms with Crippen LogP contribution in [0.15, 0.2) is 48.5 Å². The Hall–Kier alpha value is -1.10. The highest BCUT2D eigenvalue weighted by molar-refractivity contribution is 7.66. The van der Waals surface area contributed by atoms with Gasteiger partial charge in [-0.1, -0.05) is 163 Å². The molecule has 0 unspecified atom stereocenters. The van der Waals surface area contributed by atoms with Crippen LogP contribution in [0, 0.1) is 23.7 Å². The summed E-state index contributed by atoms with van der Waals surface area (Å²) >= 11 is 0. The van der Waals surface area contributed by atoms with E-state index in [1.807, 2.05) is 36.4 Å². The van der Waals surface area contributed by atoms with Crippen molar-refractivity contribution in [1.82, 2.24) is 0 Å². The Morgan fingerprint density at radius 2 is 0.942 bits per heavy atom. The van der Waals surface area contributed by atoms with Crippen molar-refractivity contribution in [2.75, 3.05) is 13.2 Å². The number of hydrogen-bond acceptors (Lipinski definition) is 6. The van der Waals surface area contributed by atoms with Gasteiger partial charge in [0, 0.05) is 5.56 Å². The second-order valence-corrected chi connectivity index (χ2v) is 19.0. The Bertz CT molecular complexity index is 1080. The molecule has 0 heterocycles. The zero-order chi connectivity index (χ0) is 38.6. The number of rotatable bonds is 29. The molecule has 0 spiro atoms. The Morgan fingerprint density at radius 1 is 0.500 bits per heavy atom. The maximum Gasteiger partial charge on any atom is 0.441 e. The van der Waals surface area contributed by atoms with E-state index in [4.69, 9.17) is 13.6 Å². The summed E-state index contributed by atoms with van der Waals surface area (Å²) in [6, 6.07) is 15.4. The van der Waals surface area contributed by atoms with Crippen LogP contribution < -0.4 is 9.83 Å². The first-order valence-electron chi connectivity index (χ1n) is 20.8. The molecule has 3 N–H and O–H groups in total. The van der Waals surface area contributed by atoms with Crippen LogP contribution in [-0.2, 0) is 21.9 Å². The molecule has 0 aliphatic carbocycles. The predicted molar refractivity (Wildman–Crippen MR) is 226 cm³/mol. The van der Waals surface area contributed by atoms with E-state index in [0.717, 1.165) is 79.9 Å². The molecule has 0 atom stereocenters. The Balaban J connectivity index is 0.000000520. The van der Waals surface area contributed by atoms with E-state index in [1.165, 1.54) is 76.2 Å². The van der Waals surface area contributed by atoms with E-state index in [0.29, 0.717) is 18.5 Å². The predicted octanol–water partition coefficient (Wildman–Crippen LogP) is 13.3. The van der Waals surface area contributed by atoms with Gasteiger partial charge in [-0.3, -0.25) is 0 Å². The largest absolute Gasteiger partial charge is 0.441 e. The van der Waals surface area contributed by atoms with Crippen LogP contribution >= 0.6 is 16.5 Å². The zero-order valence-electron chi connectivity index (χ0n) is 34.5. The van der Waals surface area contributed by atoms with Crippen LogP contribution in [0.2, 0.25) is 0 Å². The molecule has 8 heteroatoms. The Kier molecular flexibility index (Phi) is 28.4. The van der Waals surface area contributed by atoms with Gasteiger partial charge in [0.1, 0.15) is 5.75 Å². The van der Waals surface area contributed by atoms with E-state index < -0.39 is 16.5 Å². The summed E-state index contributed by atoms with van der Waals surface area (Å²) < 4.78 is 17.8. The van der Waals surface area contributed by atoms with Crippen molar-refractivity contribution in [2.24, 2.45) is 23.7 Å². The first-order chi connectivity index (χ1) is 24.8. The molecule has 0 amide bonds. The second-order valence-electron chi connectivity index (χ2n) is 16.3. The summed E-state index contributed by atoms with van der Waals surface area (Å²) in [7, 11) is -5.27. The lowest BCUT2D eigenvalue weighted by Crippen LogP contribution is -2.18. The minimum absolute atomic E-state index is 0.362. The van der Waals surface area contributed by atoms with Crippen molar-refractivity contribution in [3.8, 4) is 5.75 Å². The van der Waals surface area contributed by atoms with Gasteiger partial charge < -0.3 is 13.6 Å². The molecule has 0 radical (unpaired) electrons. The fourth-order valence-corrected chi connectivity index (χ4v) is 8.03. The second kappa shape index (κ2) is 30.2. The standard InChI is InChI=1S/C22H39O3P.C22H40O3P/c1-20(2)14-8-6-12-18-23-26(25-22-16-10-5-11-17-22)24-19-13-7-9-15-21(3)4;1-18(2)12-7-5-9-14-20-15-11-17-22(26(23,24)25)21(20)16-10-6-8-13-19(3)4/h5,10-11,16-17,20-21H,6-9,12-15,18-19H2,1-4H3;11,15,17-19,23-25H,5-10,12-14,16H2,1-4H3/q;+1. The Morgan fingerprint density at radius 3 is 1.38 bits per heavy atom. The quantitative estimate of drug-likeness (QED) is 0.0565. The third-order valence-corrected chi connectivity index (χ3v) is 11.4. The monoisotopic (exact) mass is 766 g/mol. The van der Waals surface area contributed by atoms with Gasteiger partial charge in [-0.05, 0) is 86.0 Å². The Labute approximate surface area is 322 Å². The lowest BCUT2D eigenvalue weighted by molar-refractivity contribution is 0.198. The van der Waals surface area contributed by atoms with Crippen molar-refractivity contribution in [1.29, 1.82) is 0 Å². The maximum absolute atomic E-state index is 9.86. The average molecular weight is 766 g/mol. The van der Waals surface area contributed by atoms with Crippen LogP contribution in [0.25, 0.3) is 0 Å². The number of benzene rings is 2. The van der Waals surface area contributed by atoms with Crippen LogP contribution in [0.5, 0.6) is 5.75 Å². The highest BCUT2D eigenvalue weighted by Crippen LogP contribution is 2.45. The molecule has 2 aromatic carbocycles. The van der Waals surface area contributed by atoms with Gasteiger partial charge in [0.05, 0.1) is 13.2 Å². The fraction of sp³-hybridized carbons (Fsp3) is 0.727. The van der Waals surface area contributed by atoms with Crippen LogP contribution in [0.3, 0.4) is 0 Å². The van der Waals surface area contributed by atoms with Crippen molar-refractivity contribution in [3.05, 3.63) is 59.7 Å². The van der Waals surface area contributed by atoms with E-state index in [2.05, 4.69) is 61.5 Å². The van der Waals surface area contributed by atoms with Crippen LogP contribution in [0.4, 0.5) is 0 Å². The van der Waals surface area contributed by atoms with Gasteiger partial charge in [-0.15, -0.1) is 0 Å². The average Bonchev–Trinajstić information content (AvgIpc) is 3.07. The molecule has 2 aromatic rings. The first kappa shape index (κ1) is 48.9. The van der Waals surface area contributed by atoms with Gasteiger partial charge in [-0.25, -0.2) is 0 Å². The molecule has 0 aromatic heterocycles. The lowest BCUT2D eigenvalue weighted by Gasteiger charge is -2.17. The van der Waals surface area contributed by atoms with Crippen molar-refractivity contribution < 1.29 is 28.3 Å². The molecule has 0 aliphatic heterocycles. The van der Waals surface area contributed by atoms with Gasteiger partial charge in [0.15, 0.2) is 5.30 Å². The van der Waals surface area contributed by atoms with Crippen molar-refractivity contribution in [3.63, 3.8) is 0 Å². The smallest absolute Gasteiger partial charge is 0.427 e. The highest BCUT2D eigenvalue weighted by atomic mass is 31.2. The normalized spacial score (nSPS) is 12.0. The van der Waals surface area contributed by atoms with Gasteiger partial charge >= 0.3 is 16.5 Å². The molecule has 6 nitrogen and oxygen atoms in total. The number of aryl methyl sites for hydroxylation is 1. The molecule has 52 heavy (non-hydrogen) atoms. The van der Waals surface area contributed by atoms with Crippen LogP contribution in [0.1, 0.15) is 169 Å². The SMILES string of the molecule is CC(C)CCCCCOP(OCCCCCC(C)C)Oc1ccccc1.CC(C)CCCCCc1cccc([P+](O)(O)O)c1CCCCCC(C)C. The number of unbranched alkanes of at least 4 members (excludes halogenated alkanes) is 8. The maximum atomic E-state index is 9.86. The third-order valence-electron chi connectivity index (χ3n) is 9.18. The minimum atomic E-state index is -3.96. The molecule has 0 saturated carbocycles. The first-order valence-corrected chi connectivity index (χ1v) is 23.5. The van der Waals surface area contributed by atoms with E-state index in [-0.39, 0.29) is 0 Å². The molecule has 0 aliphatic rings. The van der Waals surface area contributed by atoms with Gasteiger partial charge in [0.2, 0.25) is 0 Å². The molecule has 0 saturated heterocycles. The summed E-state index contributed by atoms with van der Waals surface area (Å²) in [4.78, 5) is 29.6. The third kappa shape index (κ3) is 26.6. The van der Waals surface area contributed by atoms with E-state index >= 15 is 0 Å². The molecular formula is C44H79O6P2+. The van der Waals surface area contributed by atoms with E-state index in [9.17, 15) is 14.7 Å². The van der Waals surface area contributed by atoms with Gasteiger partial charge in [0.25, 0.3) is 0 Å². The molecule has 2 rings (SSSR count). The number of hydrogen-bond donors (Lipinski definition) is 3. The van der Waals surface area contributed by atoms with Crippen molar-refractivity contribution in [2.45, 2.75) is 171 Å². The molecular weight excluding hydrogens is 686 g/mol. The summed E-state index contributed by atoms with van der Waals surface area (Å²) in [6.07, 6.45) is 20.9. The topological polar surface area (TPSA) is 88.4 Å². The molecule has 0 fully saturated rings. The number of para-hydroxylation sites is 1. The fourth-order valence-electron chi connectivity index (χ4n) is 6.10. The molecule has 300 valence electrons. The van der Waals surface area contributed by atoms with Crippen molar-refractivity contribution >= 4 is 21.9 Å².